The van der Waals surface area contributed by atoms with Gasteiger partial charge in [0.05, 0.1) is 18.1 Å². The minimum absolute atomic E-state index is 0.129. The lowest BCUT2D eigenvalue weighted by molar-refractivity contribution is -0.130. The summed E-state index contributed by atoms with van der Waals surface area (Å²) in [5, 5.41) is 7.13. The molecule has 0 saturated carbocycles. The van der Waals surface area contributed by atoms with Crippen LogP contribution in [0.4, 0.5) is 0 Å². The van der Waals surface area contributed by atoms with E-state index < -0.39 is 0 Å². The zero-order valence-corrected chi connectivity index (χ0v) is 17.3. The molecule has 0 radical (unpaired) electrons. The molecule has 8 heteroatoms. The molecule has 3 heterocycles. The van der Waals surface area contributed by atoms with Gasteiger partial charge in [-0.15, -0.1) is 0 Å². The Hall–Kier alpha value is -3.03. The third-order valence-corrected chi connectivity index (χ3v) is 5.85. The average Bonchev–Trinajstić information content (AvgIpc) is 3.51. The Morgan fingerprint density at radius 2 is 2.03 bits per heavy atom. The minimum atomic E-state index is -0.179. The first-order chi connectivity index (χ1) is 14.7. The highest BCUT2D eigenvalue weighted by Crippen LogP contribution is 2.34. The van der Waals surface area contributed by atoms with E-state index in [9.17, 15) is 4.79 Å². The lowest BCUT2D eigenvalue weighted by atomic mass is 10.0. The molecule has 0 fully saturated rings. The van der Waals surface area contributed by atoms with Crippen LogP contribution in [0.15, 0.2) is 86.1 Å². The molecule has 2 aromatic heterocycles. The lowest BCUT2D eigenvalue weighted by Crippen LogP contribution is -2.28. The third kappa shape index (κ3) is 3.74. The van der Waals surface area contributed by atoms with Crippen LogP contribution in [0, 0.1) is 0 Å². The van der Waals surface area contributed by atoms with Crippen molar-refractivity contribution in [1.29, 1.82) is 0 Å². The van der Waals surface area contributed by atoms with Gasteiger partial charge >= 0.3 is 0 Å². The maximum Gasteiger partial charge on any atom is 0.257 e. The highest BCUT2D eigenvalue weighted by atomic mass is 35.5. The quantitative estimate of drug-likeness (QED) is 0.383. The van der Waals surface area contributed by atoms with Gasteiger partial charge in [0.15, 0.2) is 5.58 Å². The van der Waals surface area contributed by atoms with Crippen LogP contribution in [0.3, 0.4) is 0 Å². The van der Waals surface area contributed by atoms with Crippen molar-refractivity contribution in [3.05, 3.63) is 83.3 Å². The molecule has 1 amide bonds. The number of carbonyl (C=O) groups excluding carboxylic acids is 1. The van der Waals surface area contributed by atoms with Gasteiger partial charge in [-0.05, 0) is 35.9 Å². The first-order valence-corrected chi connectivity index (χ1v) is 10.7. The Balaban J connectivity index is 1.36. The van der Waals surface area contributed by atoms with Crippen LogP contribution < -0.4 is 0 Å². The number of rotatable bonds is 5. The zero-order valence-electron chi connectivity index (χ0n) is 15.7. The smallest absolute Gasteiger partial charge is 0.257 e. The molecule has 0 saturated heterocycles. The summed E-state index contributed by atoms with van der Waals surface area (Å²) >= 11 is 7.24. The summed E-state index contributed by atoms with van der Waals surface area (Å²) in [5.41, 5.74) is 3.08. The third-order valence-electron chi connectivity index (χ3n) is 4.80. The van der Waals surface area contributed by atoms with Gasteiger partial charge in [0.1, 0.15) is 17.0 Å². The van der Waals surface area contributed by atoms with Crippen molar-refractivity contribution < 1.29 is 13.6 Å². The summed E-state index contributed by atoms with van der Waals surface area (Å²) in [5.74, 6) is 0.698. The van der Waals surface area contributed by atoms with Crippen LogP contribution in [-0.2, 0) is 4.79 Å². The van der Waals surface area contributed by atoms with Crippen LogP contribution in [0.5, 0.6) is 0 Å². The van der Waals surface area contributed by atoms with Crippen molar-refractivity contribution in [1.82, 2.24) is 9.99 Å². The molecule has 6 nitrogen and oxygen atoms in total. The number of carbonyl (C=O) groups is 1. The second-order valence-corrected chi connectivity index (χ2v) is 8.14. The number of nitrogens with zero attached hydrogens (tertiary/aromatic N) is 3. The fourth-order valence-electron chi connectivity index (χ4n) is 3.40. The van der Waals surface area contributed by atoms with Crippen molar-refractivity contribution >= 4 is 46.1 Å². The minimum Gasteiger partial charge on any atom is -0.463 e. The predicted octanol–water partition coefficient (Wildman–Crippen LogP) is 5.54. The maximum absolute atomic E-state index is 13.1. The molecular formula is C22H16ClN3O3S. The summed E-state index contributed by atoms with van der Waals surface area (Å²) in [6, 6.07) is 18.6. The molecule has 30 heavy (non-hydrogen) atoms. The van der Waals surface area contributed by atoms with E-state index in [1.165, 1.54) is 11.8 Å². The number of benzene rings is 2. The number of thioether (sulfide) groups is 1. The maximum atomic E-state index is 13.1. The number of aromatic nitrogens is 1. The molecule has 1 atom stereocenters. The molecule has 2 aromatic carbocycles. The van der Waals surface area contributed by atoms with Crippen LogP contribution >= 0.6 is 23.4 Å². The second kappa shape index (κ2) is 8.01. The fraction of sp³-hybridized carbons (Fsp3) is 0.136. The van der Waals surface area contributed by atoms with Crippen molar-refractivity contribution in [2.75, 3.05) is 5.75 Å². The van der Waals surface area contributed by atoms with Crippen LogP contribution in [0.1, 0.15) is 23.8 Å². The van der Waals surface area contributed by atoms with E-state index >= 15 is 0 Å². The Morgan fingerprint density at radius 1 is 1.17 bits per heavy atom. The molecule has 0 unspecified atom stereocenters. The van der Waals surface area contributed by atoms with E-state index in [1.807, 2.05) is 42.5 Å². The first-order valence-electron chi connectivity index (χ1n) is 9.34. The highest BCUT2D eigenvalue weighted by Gasteiger charge is 2.34. The Bertz CT molecular complexity index is 1220. The summed E-state index contributed by atoms with van der Waals surface area (Å²) < 4.78 is 11.2. The van der Waals surface area contributed by atoms with Gasteiger partial charge in [0, 0.05) is 11.4 Å². The van der Waals surface area contributed by atoms with E-state index in [2.05, 4.69) is 10.1 Å². The predicted molar refractivity (Wildman–Crippen MR) is 116 cm³/mol. The van der Waals surface area contributed by atoms with E-state index in [4.69, 9.17) is 20.4 Å². The normalized spacial score (nSPS) is 16.2. The molecule has 5 rings (SSSR count). The number of amides is 1. The van der Waals surface area contributed by atoms with Gasteiger partial charge in [-0.25, -0.2) is 9.99 Å². The van der Waals surface area contributed by atoms with Crippen molar-refractivity contribution in [3.8, 4) is 0 Å². The van der Waals surface area contributed by atoms with Crippen molar-refractivity contribution in [3.63, 3.8) is 0 Å². The largest absolute Gasteiger partial charge is 0.463 e. The van der Waals surface area contributed by atoms with Gasteiger partial charge in [-0.3, -0.25) is 4.79 Å². The summed E-state index contributed by atoms with van der Waals surface area (Å²) in [4.78, 5) is 17.5. The summed E-state index contributed by atoms with van der Waals surface area (Å²) in [6.07, 6.45) is 2.20. The molecule has 4 aromatic rings. The second-order valence-electron chi connectivity index (χ2n) is 6.77. The number of halogens is 1. The van der Waals surface area contributed by atoms with Gasteiger partial charge in [0.2, 0.25) is 0 Å². The molecule has 150 valence electrons. The Kier molecular flexibility index (Phi) is 5.06. The summed E-state index contributed by atoms with van der Waals surface area (Å²) in [7, 11) is 0. The molecular weight excluding hydrogens is 422 g/mol. The number of hydrazone groups is 1. The van der Waals surface area contributed by atoms with Crippen LogP contribution in [0.25, 0.3) is 11.1 Å². The number of fused-ring (bicyclic) bond motifs is 1. The van der Waals surface area contributed by atoms with E-state index in [-0.39, 0.29) is 17.7 Å². The van der Waals surface area contributed by atoms with Gasteiger partial charge in [-0.2, -0.15) is 5.10 Å². The first kappa shape index (κ1) is 19.0. The highest BCUT2D eigenvalue weighted by molar-refractivity contribution is 7.99. The standard InChI is InChI=1S/C22H16ClN3O3S/c23-15-8-9-20-16(11-15)24-22(29-20)30-13-21(27)26-18(14-5-2-1-3-6-14)12-17(25-26)19-7-4-10-28-19/h1-11,18H,12-13H2/t18-/m0/s1. The van der Waals surface area contributed by atoms with Gasteiger partial charge < -0.3 is 8.83 Å². The Labute approximate surface area is 181 Å². The molecule has 0 aliphatic carbocycles. The SMILES string of the molecule is O=C(CSc1nc2cc(Cl)ccc2o1)N1N=C(c2ccco2)C[C@H]1c1ccccc1. The Morgan fingerprint density at radius 3 is 2.83 bits per heavy atom. The van der Waals surface area contributed by atoms with Crippen molar-refractivity contribution in [2.45, 2.75) is 17.7 Å². The van der Waals surface area contributed by atoms with E-state index in [0.29, 0.717) is 33.5 Å². The number of hydrogen-bond acceptors (Lipinski definition) is 6. The number of furan rings is 1. The molecule has 0 N–H and O–H groups in total. The number of hydrogen-bond donors (Lipinski definition) is 0. The molecule has 1 aliphatic rings. The average molecular weight is 438 g/mol. The summed E-state index contributed by atoms with van der Waals surface area (Å²) in [6.45, 7) is 0. The van der Waals surface area contributed by atoms with E-state index in [0.717, 1.165) is 11.3 Å². The fourth-order valence-corrected chi connectivity index (χ4v) is 4.25. The van der Waals surface area contributed by atoms with Gasteiger partial charge in [-0.1, -0.05) is 53.7 Å². The zero-order chi connectivity index (χ0) is 20.5. The number of oxazole rings is 1. The van der Waals surface area contributed by atoms with Gasteiger partial charge in [0.25, 0.3) is 11.1 Å². The topological polar surface area (TPSA) is 71.8 Å². The van der Waals surface area contributed by atoms with Crippen molar-refractivity contribution in [2.24, 2.45) is 5.10 Å². The monoisotopic (exact) mass is 437 g/mol. The van der Waals surface area contributed by atoms with Crippen LogP contribution in [0.2, 0.25) is 5.02 Å². The molecule has 1 aliphatic heterocycles. The van der Waals surface area contributed by atoms with E-state index in [1.54, 1.807) is 29.5 Å². The lowest BCUT2D eigenvalue weighted by Gasteiger charge is -2.21. The molecule has 0 spiro atoms. The molecule has 0 bridgehead atoms. The van der Waals surface area contributed by atoms with Crippen LogP contribution in [-0.4, -0.2) is 27.4 Å².